The molecule has 0 bridgehead atoms. The number of rotatable bonds is 9. The molecule has 0 saturated carbocycles. The Morgan fingerprint density at radius 1 is 1.11 bits per heavy atom. The first-order chi connectivity index (χ1) is 18.3. The highest BCUT2D eigenvalue weighted by Gasteiger charge is 2.28. The van der Waals surface area contributed by atoms with Crippen molar-refractivity contribution in [3.05, 3.63) is 98.7 Å². The lowest BCUT2D eigenvalue weighted by atomic mass is 10.2. The van der Waals surface area contributed by atoms with Gasteiger partial charge in [0.15, 0.2) is 16.5 Å². The van der Waals surface area contributed by atoms with E-state index in [9.17, 15) is 23.9 Å². The molecule has 0 spiro atoms. The number of carbonyl (C=O) groups excluding carboxylic acids is 1. The number of carbonyl (C=O) groups is 2. The van der Waals surface area contributed by atoms with Gasteiger partial charge in [-0.2, -0.15) is 0 Å². The van der Waals surface area contributed by atoms with Crippen molar-refractivity contribution >= 4 is 23.3 Å². The van der Waals surface area contributed by atoms with Crippen molar-refractivity contribution in [3.63, 3.8) is 0 Å². The Bertz CT molecular complexity index is 1500. The Morgan fingerprint density at radius 2 is 1.82 bits per heavy atom. The van der Waals surface area contributed by atoms with Crippen molar-refractivity contribution in [2.75, 3.05) is 18.6 Å². The molecule has 4 aromatic rings. The molecular formula is C26H24FN5O5S. The molecule has 2 N–H and O–H groups in total. The minimum Gasteiger partial charge on any atom is -0.482 e. The molecule has 2 amide bonds. The summed E-state index contributed by atoms with van der Waals surface area (Å²) in [7, 11) is 1.24. The van der Waals surface area contributed by atoms with E-state index in [-0.39, 0.29) is 41.0 Å². The second kappa shape index (κ2) is 11.6. The number of ether oxygens (including phenoxy) is 1. The highest BCUT2D eigenvalue weighted by Crippen LogP contribution is 2.27. The smallest absolute Gasteiger partial charge is 0.426 e. The lowest BCUT2D eigenvalue weighted by molar-refractivity contribution is 0.0939. The van der Waals surface area contributed by atoms with Crippen LogP contribution in [0.4, 0.5) is 9.18 Å². The van der Waals surface area contributed by atoms with Crippen LogP contribution in [0.25, 0.3) is 10.6 Å². The van der Waals surface area contributed by atoms with E-state index in [2.05, 4.69) is 15.5 Å². The fraction of sp³-hybridized carbons (Fsp3) is 0.192. The Labute approximate surface area is 220 Å². The van der Waals surface area contributed by atoms with Gasteiger partial charge in [0, 0.05) is 26.2 Å². The number of hydrogen-bond donors (Lipinski definition) is 2. The lowest BCUT2D eigenvalue weighted by Crippen LogP contribution is -2.41. The van der Waals surface area contributed by atoms with Gasteiger partial charge < -0.3 is 15.2 Å². The second-order valence-electron chi connectivity index (χ2n) is 8.14. The summed E-state index contributed by atoms with van der Waals surface area (Å²) in [5.41, 5.74) is 0.654. The van der Waals surface area contributed by atoms with Gasteiger partial charge >= 0.3 is 6.09 Å². The van der Waals surface area contributed by atoms with Gasteiger partial charge in [-0.15, -0.1) is 10.2 Å². The van der Waals surface area contributed by atoms with E-state index in [0.29, 0.717) is 11.4 Å². The number of nitrogens with one attached hydrogen (secondary N) is 1. The maximum absolute atomic E-state index is 13.7. The predicted molar refractivity (Wildman–Crippen MR) is 140 cm³/mol. The Kier molecular flexibility index (Phi) is 8.12. The summed E-state index contributed by atoms with van der Waals surface area (Å²) in [6.45, 7) is 1.91. The zero-order valence-corrected chi connectivity index (χ0v) is 21.4. The van der Waals surface area contributed by atoms with Crippen LogP contribution in [-0.4, -0.2) is 45.6 Å². The average molecular weight is 538 g/mol. The van der Waals surface area contributed by atoms with Gasteiger partial charge in [0.1, 0.15) is 17.4 Å². The number of pyridine rings is 1. The highest BCUT2D eigenvalue weighted by atomic mass is 32.1. The molecule has 4 rings (SSSR count). The zero-order valence-electron chi connectivity index (χ0n) is 20.6. The van der Waals surface area contributed by atoms with Crippen LogP contribution < -0.4 is 20.5 Å². The predicted octanol–water partition coefficient (Wildman–Crippen LogP) is 3.67. The normalized spacial score (nSPS) is 10.7. The molecule has 2 aromatic carbocycles. The molecule has 0 unspecified atom stereocenters. The van der Waals surface area contributed by atoms with E-state index in [4.69, 9.17) is 4.74 Å². The van der Waals surface area contributed by atoms with Crippen molar-refractivity contribution in [3.8, 4) is 16.3 Å². The number of hydrogen-bond acceptors (Lipinski definition) is 7. The van der Waals surface area contributed by atoms with Crippen LogP contribution in [0.3, 0.4) is 0 Å². The standard InChI is InChI=1S/C26H24FN5O5S/c1-3-28-24(34)21-23(37-15-17-7-5-4-6-8-17)22(33)19(14-32(21)31(2)26(35)36)25-30-29-20(38-25)13-16-9-11-18(27)12-10-16/h4-12,14H,3,13,15H2,1-2H3,(H,28,34)(H,35,36). The molecule has 0 aliphatic rings. The number of carboxylic acid groups (broad SMARTS) is 1. The van der Waals surface area contributed by atoms with Crippen LogP contribution >= 0.6 is 11.3 Å². The third-order valence-corrected chi connectivity index (χ3v) is 6.45. The average Bonchev–Trinajstić information content (AvgIpc) is 3.37. The molecule has 0 aliphatic carbocycles. The van der Waals surface area contributed by atoms with Crippen LogP contribution in [0, 0.1) is 5.82 Å². The van der Waals surface area contributed by atoms with Crippen molar-refractivity contribution in [2.45, 2.75) is 20.0 Å². The lowest BCUT2D eigenvalue weighted by Gasteiger charge is -2.23. The monoisotopic (exact) mass is 537 g/mol. The van der Waals surface area contributed by atoms with Crippen LogP contribution in [0.2, 0.25) is 0 Å². The van der Waals surface area contributed by atoms with Gasteiger partial charge in [-0.3, -0.25) is 9.59 Å². The third-order valence-electron chi connectivity index (χ3n) is 5.49. The Morgan fingerprint density at radius 3 is 2.47 bits per heavy atom. The topological polar surface area (TPSA) is 127 Å². The first kappa shape index (κ1) is 26.5. The Balaban J connectivity index is 1.82. The molecule has 2 heterocycles. The molecule has 196 valence electrons. The molecule has 12 heteroatoms. The maximum atomic E-state index is 13.7. The molecule has 2 aromatic heterocycles. The van der Waals surface area contributed by atoms with Crippen molar-refractivity contribution in [2.24, 2.45) is 0 Å². The highest BCUT2D eigenvalue weighted by molar-refractivity contribution is 7.14. The van der Waals surface area contributed by atoms with Crippen molar-refractivity contribution in [1.29, 1.82) is 0 Å². The molecule has 38 heavy (non-hydrogen) atoms. The van der Waals surface area contributed by atoms with E-state index in [0.717, 1.165) is 32.1 Å². The van der Waals surface area contributed by atoms with Gasteiger partial charge in [-0.05, 0) is 30.2 Å². The van der Waals surface area contributed by atoms with Gasteiger partial charge in [0.25, 0.3) is 5.91 Å². The minimum atomic E-state index is -1.37. The van der Waals surface area contributed by atoms with E-state index in [1.54, 1.807) is 43.3 Å². The third kappa shape index (κ3) is 5.86. The molecule has 0 saturated heterocycles. The molecule has 0 radical (unpaired) electrons. The molecule has 0 fully saturated rings. The van der Waals surface area contributed by atoms with Crippen LogP contribution in [0.1, 0.15) is 33.5 Å². The summed E-state index contributed by atoms with van der Waals surface area (Å²) < 4.78 is 20.2. The number of amides is 2. The van der Waals surface area contributed by atoms with Crippen molar-refractivity contribution < 1.29 is 23.8 Å². The number of nitrogens with zero attached hydrogens (tertiary/aromatic N) is 4. The minimum absolute atomic E-state index is 0.0112. The Hall–Kier alpha value is -4.58. The van der Waals surface area contributed by atoms with E-state index < -0.39 is 17.4 Å². The number of halogens is 1. The van der Waals surface area contributed by atoms with Gasteiger partial charge in [-0.25, -0.2) is 18.9 Å². The largest absolute Gasteiger partial charge is 0.482 e. The fourth-order valence-electron chi connectivity index (χ4n) is 3.59. The summed E-state index contributed by atoms with van der Waals surface area (Å²) in [4.78, 5) is 38.6. The SMILES string of the molecule is CCNC(=O)c1c(OCc2ccccc2)c(=O)c(-c2nnc(Cc3ccc(F)cc3)s2)cn1N(C)C(=O)O. The quantitative estimate of drug-likeness (QED) is 0.334. The van der Waals surface area contributed by atoms with Gasteiger partial charge in [0.2, 0.25) is 5.43 Å². The molecule has 0 atom stereocenters. The van der Waals surface area contributed by atoms with Crippen LogP contribution in [0.15, 0.2) is 65.6 Å². The van der Waals surface area contributed by atoms with Crippen molar-refractivity contribution in [1.82, 2.24) is 20.2 Å². The van der Waals surface area contributed by atoms with E-state index in [1.807, 2.05) is 6.07 Å². The zero-order chi connectivity index (χ0) is 27.2. The second-order valence-corrected chi connectivity index (χ2v) is 9.20. The van der Waals surface area contributed by atoms with Crippen LogP contribution in [-0.2, 0) is 13.0 Å². The first-order valence-electron chi connectivity index (χ1n) is 11.6. The summed E-state index contributed by atoms with van der Waals surface area (Å²) >= 11 is 1.12. The maximum Gasteiger partial charge on any atom is 0.426 e. The first-order valence-corrected chi connectivity index (χ1v) is 12.4. The summed E-state index contributed by atoms with van der Waals surface area (Å²) in [5, 5.41) is 22.1. The number of aromatic nitrogens is 3. The molecule has 10 nitrogen and oxygen atoms in total. The number of benzene rings is 2. The summed E-state index contributed by atoms with van der Waals surface area (Å²) in [6, 6.07) is 15.0. The van der Waals surface area contributed by atoms with Gasteiger partial charge in [0.05, 0.1) is 5.56 Å². The fourth-order valence-corrected chi connectivity index (χ4v) is 4.47. The summed E-state index contributed by atoms with van der Waals surface area (Å²) in [5.74, 6) is -1.35. The molecule has 0 aliphatic heterocycles. The van der Waals surface area contributed by atoms with E-state index in [1.165, 1.54) is 25.4 Å². The summed E-state index contributed by atoms with van der Waals surface area (Å²) in [6.07, 6.45) is 0.224. The van der Waals surface area contributed by atoms with Crippen LogP contribution in [0.5, 0.6) is 5.75 Å². The van der Waals surface area contributed by atoms with Gasteiger partial charge in [-0.1, -0.05) is 53.8 Å². The molecular weight excluding hydrogens is 513 g/mol. The van der Waals surface area contributed by atoms with E-state index >= 15 is 0 Å².